The minimum Gasteiger partial charge on any atom is -0.496 e. The number of aliphatic hydroxyl groups excluding tert-OH is 1. The van der Waals surface area contributed by atoms with Crippen molar-refractivity contribution < 1.29 is 14.2 Å². The van der Waals surface area contributed by atoms with E-state index >= 15 is 0 Å². The molecule has 0 aliphatic heterocycles. The molecule has 0 aliphatic carbocycles. The Morgan fingerprint density at radius 3 is 2.73 bits per heavy atom. The lowest BCUT2D eigenvalue weighted by atomic mass is 10.0. The van der Waals surface area contributed by atoms with Gasteiger partial charge in [-0.2, -0.15) is 0 Å². The van der Waals surface area contributed by atoms with Gasteiger partial charge in [-0.1, -0.05) is 6.07 Å². The summed E-state index contributed by atoms with van der Waals surface area (Å²) in [5.41, 5.74) is 6.48. The highest BCUT2D eigenvalue weighted by Gasteiger charge is 2.11. The molecule has 0 aliphatic rings. The van der Waals surface area contributed by atoms with Crippen molar-refractivity contribution in [1.29, 1.82) is 0 Å². The van der Waals surface area contributed by atoms with E-state index in [1.54, 1.807) is 6.07 Å². The first-order valence-corrected chi connectivity index (χ1v) is 4.39. The SMILES string of the molecule is COc1cc(F)ccc1[C@@H](N)CCO.Cl. The first-order valence-electron chi connectivity index (χ1n) is 4.39. The van der Waals surface area contributed by atoms with Gasteiger partial charge in [0, 0.05) is 24.3 Å². The number of hydrogen-bond donors (Lipinski definition) is 2. The summed E-state index contributed by atoms with van der Waals surface area (Å²) in [7, 11) is 1.46. The summed E-state index contributed by atoms with van der Waals surface area (Å²) in [6.45, 7) is 0.00168. The number of hydrogen-bond acceptors (Lipinski definition) is 3. The zero-order valence-electron chi connectivity index (χ0n) is 8.44. The molecule has 86 valence electrons. The van der Waals surface area contributed by atoms with Crippen LogP contribution in [0.4, 0.5) is 4.39 Å². The van der Waals surface area contributed by atoms with Crippen LogP contribution in [0, 0.1) is 5.82 Å². The maximum absolute atomic E-state index is 12.8. The molecule has 1 rings (SSSR count). The van der Waals surface area contributed by atoms with Gasteiger partial charge in [0.15, 0.2) is 0 Å². The molecule has 3 nitrogen and oxygen atoms in total. The van der Waals surface area contributed by atoms with Crippen molar-refractivity contribution in [1.82, 2.24) is 0 Å². The minimum atomic E-state index is -0.359. The molecule has 0 fully saturated rings. The van der Waals surface area contributed by atoms with E-state index in [0.29, 0.717) is 17.7 Å². The van der Waals surface area contributed by atoms with Crippen LogP contribution in [0.15, 0.2) is 18.2 Å². The number of benzene rings is 1. The Kier molecular flexibility index (Phi) is 6.24. The Balaban J connectivity index is 0.00000196. The molecule has 0 spiro atoms. The highest BCUT2D eigenvalue weighted by Crippen LogP contribution is 2.26. The first kappa shape index (κ1) is 14.2. The Labute approximate surface area is 94.5 Å². The highest BCUT2D eigenvalue weighted by molar-refractivity contribution is 5.85. The van der Waals surface area contributed by atoms with E-state index < -0.39 is 0 Å². The fourth-order valence-corrected chi connectivity index (χ4v) is 1.29. The number of halogens is 2. The molecular formula is C10H15ClFNO2. The molecule has 0 saturated heterocycles. The third-order valence-electron chi connectivity index (χ3n) is 2.04. The van der Waals surface area contributed by atoms with Crippen LogP contribution in [0.2, 0.25) is 0 Å². The molecule has 0 unspecified atom stereocenters. The number of methoxy groups -OCH3 is 1. The van der Waals surface area contributed by atoms with E-state index in [1.165, 1.54) is 19.2 Å². The molecule has 0 radical (unpaired) electrons. The van der Waals surface area contributed by atoms with E-state index in [-0.39, 0.29) is 30.9 Å². The maximum atomic E-state index is 12.8. The molecular weight excluding hydrogens is 221 g/mol. The quantitative estimate of drug-likeness (QED) is 0.834. The largest absolute Gasteiger partial charge is 0.496 e. The summed E-state index contributed by atoms with van der Waals surface area (Å²) in [4.78, 5) is 0. The van der Waals surface area contributed by atoms with Crippen molar-refractivity contribution in [3.05, 3.63) is 29.6 Å². The Morgan fingerprint density at radius 2 is 2.20 bits per heavy atom. The summed E-state index contributed by atoms with van der Waals surface area (Å²) in [6.07, 6.45) is 0.433. The van der Waals surface area contributed by atoms with Crippen molar-refractivity contribution in [2.75, 3.05) is 13.7 Å². The standard InChI is InChI=1S/C10H14FNO2.ClH/c1-14-10-6-7(11)2-3-8(10)9(12)4-5-13;/h2-3,6,9,13H,4-5,12H2,1H3;1H/t9-;/m0./s1. The predicted octanol–water partition coefficient (Wildman–Crippen LogP) is 1.64. The van der Waals surface area contributed by atoms with Crippen LogP contribution in [0.5, 0.6) is 5.75 Å². The minimum absolute atomic E-state index is 0. The van der Waals surface area contributed by atoms with Gasteiger partial charge in [0.1, 0.15) is 11.6 Å². The predicted molar refractivity (Wildman–Crippen MR) is 58.8 cm³/mol. The molecule has 1 aromatic carbocycles. The van der Waals surface area contributed by atoms with Crippen molar-refractivity contribution in [3.63, 3.8) is 0 Å². The summed E-state index contributed by atoms with van der Waals surface area (Å²) in [5, 5.41) is 8.72. The molecule has 5 heteroatoms. The second kappa shape index (κ2) is 6.61. The van der Waals surface area contributed by atoms with Crippen molar-refractivity contribution in [2.45, 2.75) is 12.5 Å². The Morgan fingerprint density at radius 1 is 1.53 bits per heavy atom. The number of ether oxygens (including phenoxy) is 1. The normalized spacial score (nSPS) is 11.7. The third kappa shape index (κ3) is 3.66. The summed E-state index contributed by atoms with van der Waals surface area (Å²) in [5.74, 6) is 0.0627. The van der Waals surface area contributed by atoms with Crippen LogP contribution in [0.3, 0.4) is 0 Å². The summed E-state index contributed by atoms with van der Waals surface area (Å²) < 4.78 is 17.8. The van der Waals surface area contributed by atoms with Crippen molar-refractivity contribution in [3.8, 4) is 5.75 Å². The second-order valence-corrected chi connectivity index (χ2v) is 3.01. The van der Waals surface area contributed by atoms with E-state index in [9.17, 15) is 4.39 Å². The number of nitrogens with two attached hydrogens (primary N) is 1. The van der Waals surface area contributed by atoms with Crippen molar-refractivity contribution >= 4 is 12.4 Å². The van der Waals surface area contributed by atoms with Crippen LogP contribution in [0.25, 0.3) is 0 Å². The number of aliphatic hydroxyl groups is 1. The molecule has 1 atom stereocenters. The van der Waals surface area contributed by atoms with Crippen LogP contribution in [-0.4, -0.2) is 18.8 Å². The number of rotatable bonds is 4. The fraction of sp³-hybridized carbons (Fsp3) is 0.400. The van der Waals surface area contributed by atoms with Crippen LogP contribution in [-0.2, 0) is 0 Å². The first-order chi connectivity index (χ1) is 6.69. The summed E-state index contributed by atoms with van der Waals surface area (Å²) in [6, 6.07) is 3.87. The van der Waals surface area contributed by atoms with Crippen LogP contribution < -0.4 is 10.5 Å². The lowest BCUT2D eigenvalue weighted by molar-refractivity contribution is 0.275. The van der Waals surface area contributed by atoms with E-state index in [0.717, 1.165) is 0 Å². The van der Waals surface area contributed by atoms with Gasteiger partial charge in [-0.3, -0.25) is 0 Å². The van der Waals surface area contributed by atoms with Gasteiger partial charge in [0.25, 0.3) is 0 Å². The van der Waals surface area contributed by atoms with Gasteiger partial charge in [0.2, 0.25) is 0 Å². The average Bonchev–Trinajstić information content (AvgIpc) is 2.17. The van der Waals surface area contributed by atoms with E-state index in [4.69, 9.17) is 15.6 Å². The second-order valence-electron chi connectivity index (χ2n) is 3.01. The summed E-state index contributed by atoms with van der Waals surface area (Å²) >= 11 is 0. The van der Waals surface area contributed by atoms with Crippen LogP contribution in [0.1, 0.15) is 18.0 Å². The van der Waals surface area contributed by atoms with Gasteiger partial charge >= 0.3 is 0 Å². The third-order valence-corrected chi connectivity index (χ3v) is 2.04. The molecule has 0 bridgehead atoms. The van der Waals surface area contributed by atoms with Crippen molar-refractivity contribution in [2.24, 2.45) is 5.73 Å². The monoisotopic (exact) mass is 235 g/mol. The topological polar surface area (TPSA) is 55.5 Å². The average molecular weight is 236 g/mol. The molecule has 0 aromatic heterocycles. The molecule has 0 heterocycles. The smallest absolute Gasteiger partial charge is 0.126 e. The zero-order chi connectivity index (χ0) is 10.6. The fourth-order valence-electron chi connectivity index (χ4n) is 1.29. The van der Waals surface area contributed by atoms with E-state index in [2.05, 4.69) is 0 Å². The van der Waals surface area contributed by atoms with Gasteiger partial charge < -0.3 is 15.6 Å². The Bertz CT molecular complexity index is 309. The Hall–Kier alpha value is -0.840. The van der Waals surface area contributed by atoms with Gasteiger partial charge in [0.05, 0.1) is 7.11 Å². The van der Waals surface area contributed by atoms with Gasteiger partial charge in [-0.05, 0) is 12.5 Å². The molecule has 3 N–H and O–H groups in total. The zero-order valence-corrected chi connectivity index (χ0v) is 9.26. The molecule has 0 amide bonds. The lowest BCUT2D eigenvalue weighted by Crippen LogP contribution is -2.13. The molecule has 1 aromatic rings. The molecule has 0 saturated carbocycles. The molecule has 15 heavy (non-hydrogen) atoms. The van der Waals surface area contributed by atoms with E-state index in [1.807, 2.05) is 0 Å². The maximum Gasteiger partial charge on any atom is 0.126 e. The van der Waals surface area contributed by atoms with Gasteiger partial charge in [-0.15, -0.1) is 12.4 Å². The highest BCUT2D eigenvalue weighted by atomic mass is 35.5. The van der Waals surface area contributed by atoms with Gasteiger partial charge in [-0.25, -0.2) is 4.39 Å². The lowest BCUT2D eigenvalue weighted by Gasteiger charge is -2.14. The van der Waals surface area contributed by atoms with Crippen LogP contribution >= 0.6 is 12.4 Å².